The van der Waals surface area contributed by atoms with Crippen LogP contribution >= 0.6 is 35.2 Å². The number of aryl methyl sites for hydroxylation is 2. The van der Waals surface area contributed by atoms with E-state index in [1.165, 1.54) is 11.3 Å². The van der Waals surface area contributed by atoms with Crippen LogP contribution in [0.25, 0.3) is 0 Å². The molecule has 2 N–H and O–H groups in total. The van der Waals surface area contributed by atoms with Gasteiger partial charge in [-0.05, 0) is 75.0 Å². The normalized spacial score (nSPS) is 13.4. The molecule has 1 aliphatic rings. The number of anilines is 2. The molecule has 1 aromatic carbocycles. The molecule has 0 amide bonds. The Bertz CT molecular complexity index is 864. The van der Waals surface area contributed by atoms with E-state index in [1.807, 2.05) is 32.0 Å². The van der Waals surface area contributed by atoms with Crippen molar-refractivity contribution in [2.45, 2.75) is 46.0 Å². The van der Waals surface area contributed by atoms with Gasteiger partial charge in [0.25, 0.3) is 0 Å². The average molecular weight is 423 g/mol. The summed E-state index contributed by atoms with van der Waals surface area (Å²) in [4.78, 5) is 13.9. The van der Waals surface area contributed by atoms with Gasteiger partial charge in [-0.25, -0.2) is 4.79 Å². The van der Waals surface area contributed by atoms with Crippen LogP contribution < -0.4 is 10.6 Å². The molecule has 0 atom stereocenters. The molecule has 4 nitrogen and oxygen atoms in total. The van der Waals surface area contributed by atoms with Crippen molar-refractivity contribution in [3.63, 3.8) is 0 Å². The SMILES string of the molecule is CCOC(=O)c1c(NC(=S)Nc2ccc(C)c(Cl)c2)sc2c1CCCCC2. The second-order valence-electron chi connectivity index (χ2n) is 6.53. The number of fused-ring (bicyclic) bond motifs is 1. The molecule has 0 saturated heterocycles. The first-order chi connectivity index (χ1) is 13.0. The van der Waals surface area contributed by atoms with E-state index < -0.39 is 0 Å². The number of ether oxygens (including phenoxy) is 1. The molecular weight excluding hydrogens is 400 g/mol. The third kappa shape index (κ3) is 4.81. The molecule has 1 aromatic heterocycles. The Labute approximate surface area is 174 Å². The molecule has 3 rings (SSSR count). The third-order valence-electron chi connectivity index (χ3n) is 4.56. The summed E-state index contributed by atoms with van der Waals surface area (Å²) in [6.07, 6.45) is 5.36. The number of nitrogens with one attached hydrogen (secondary N) is 2. The molecular formula is C20H23ClN2O2S2. The minimum absolute atomic E-state index is 0.277. The highest BCUT2D eigenvalue weighted by molar-refractivity contribution is 7.80. The summed E-state index contributed by atoms with van der Waals surface area (Å²) >= 11 is 13.3. The van der Waals surface area contributed by atoms with Gasteiger partial charge in [0, 0.05) is 15.6 Å². The summed E-state index contributed by atoms with van der Waals surface area (Å²) in [5.41, 5.74) is 3.58. The van der Waals surface area contributed by atoms with Gasteiger partial charge in [-0.2, -0.15) is 0 Å². The molecule has 0 saturated carbocycles. The molecule has 0 spiro atoms. The smallest absolute Gasteiger partial charge is 0.341 e. The molecule has 0 radical (unpaired) electrons. The van der Waals surface area contributed by atoms with Crippen LogP contribution in [0.2, 0.25) is 5.02 Å². The van der Waals surface area contributed by atoms with E-state index in [9.17, 15) is 4.79 Å². The van der Waals surface area contributed by atoms with Gasteiger partial charge in [0.15, 0.2) is 5.11 Å². The highest BCUT2D eigenvalue weighted by Crippen LogP contribution is 2.38. The monoisotopic (exact) mass is 422 g/mol. The van der Waals surface area contributed by atoms with Crippen molar-refractivity contribution in [3.8, 4) is 0 Å². The van der Waals surface area contributed by atoms with Crippen LogP contribution in [-0.4, -0.2) is 17.7 Å². The Morgan fingerprint density at radius 2 is 2.04 bits per heavy atom. The fourth-order valence-electron chi connectivity index (χ4n) is 3.19. The van der Waals surface area contributed by atoms with E-state index in [0.29, 0.717) is 22.3 Å². The predicted octanol–water partition coefficient (Wildman–Crippen LogP) is 5.96. The molecule has 0 aliphatic heterocycles. The zero-order valence-electron chi connectivity index (χ0n) is 15.5. The first-order valence-corrected chi connectivity index (χ1v) is 10.8. The van der Waals surface area contributed by atoms with Gasteiger partial charge >= 0.3 is 5.97 Å². The van der Waals surface area contributed by atoms with E-state index in [0.717, 1.165) is 47.5 Å². The number of rotatable bonds is 4. The molecule has 1 aliphatic carbocycles. The lowest BCUT2D eigenvalue weighted by Crippen LogP contribution is -2.20. The largest absolute Gasteiger partial charge is 0.462 e. The van der Waals surface area contributed by atoms with Crippen LogP contribution in [-0.2, 0) is 17.6 Å². The predicted molar refractivity (Wildman–Crippen MR) is 118 cm³/mol. The fraction of sp³-hybridized carbons (Fsp3) is 0.400. The van der Waals surface area contributed by atoms with Gasteiger partial charge in [0.05, 0.1) is 12.2 Å². The van der Waals surface area contributed by atoms with Crippen LogP contribution in [0, 0.1) is 6.92 Å². The summed E-state index contributed by atoms with van der Waals surface area (Å²) in [6.45, 7) is 4.13. The van der Waals surface area contributed by atoms with Crippen LogP contribution in [0.15, 0.2) is 18.2 Å². The molecule has 2 aromatic rings. The van der Waals surface area contributed by atoms with Gasteiger partial charge in [0.1, 0.15) is 5.00 Å². The second-order valence-corrected chi connectivity index (χ2v) is 8.45. The zero-order chi connectivity index (χ0) is 19.4. The molecule has 1 heterocycles. The average Bonchev–Trinajstić information content (AvgIpc) is 2.79. The number of carbonyl (C=O) groups excluding carboxylic acids is 1. The Morgan fingerprint density at radius 3 is 2.78 bits per heavy atom. The van der Waals surface area contributed by atoms with Crippen molar-refractivity contribution < 1.29 is 9.53 Å². The van der Waals surface area contributed by atoms with Crippen molar-refractivity contribution in [2.24, 2.45) is 0 Å². The minimum Gasteiger partial charge on any atom is -0.462 e. The maximum absolute atomic E-state index is 12.6. The molecule has 27 heavy (non-hydrogen) atoms. The number of benzene rings is 1. The fourth-order valence-corrected chi connectivity index (χ4v) is 4.93. The Morgan fingerprint density at radius 1 is 1.26 bits per heavy atom. The molecule has 0 unspecified atom stereocenters. The second kappa shape index (κ2) is 9.04. The van der Waals surface area contributed by atoms with Gasteiger partial charge in [-0.15, -0.1) is 11.3 Å². The molecule has 0 bridgehead atoms. The van der Waals surface area contributed by atoms with Crippen LogP contribution in [0.5, 0.6) is 0 Å². The number of thiophene rings is 1. The van der Waals surface area contributed by atoms with Crippen molar-refractivity contribution >= 4 is 56.9 Å². The first kappa shape index (κ1) is 20.1. The van der Waals surface area contributed by atoms with Crippen LogP contribution in [0.4, 0.5) is 10.7 Å². The molecule has 7 heteroatoms. The van der Waals surface area contributed by atoms with Crippen LogP contribution in [0.3, 0.4) is 0 Å². The van der Waals surface area contributed by atoms with Crippen molar-refractivity contribution in [2.75, 3.05) is 17.2 Å². The van der Waals surface area contributed by atoms with E-state index in [2.05, 4.69) is 10.6 Å². The quantitative estimate of drug-likeness (QED) is 0.361. The highest BCUT2D eigenvalue weighted by Gasteiger charge is 2.26. The van der Waals surface area contributed by atoms with Gasteiger partial charge in [0.2, 0.25) is 0 Å². The number of halogens is 1. The topological polar surface area (TPSA) is 50.4 Å². The summed E-state index contributed by atoms with van der Waals surface area (Å²) in [7, 11) is 0. The van der Waals surface area contributed by atoms with Crippen LogP contribution in [0.1, 0.15) is 52.5 Å². The standard InChI is InChI=1S/C20H23ClN2O2S2/c1-3-25-19(24)17-14-7-5-4-6-8-16(14)27-18(17)23-20(26)22-13-10-9-12(2)15(21)11-13/h9-11H,3-8H2,1-2H3,(H2,22,23,26). The number of hydrogen-bond acceptors (Lipinski definition) is 4. The first-order valence-electron chi connectivity index (χ1n) is 9.15. The molecule has 0 fully saturated rings. The van der Waals surface area contributed by atoms with Crippen molar-refractivity contribution in [1.29, 1.82) is 0 Å². The Hall–Kier alpha value is -1.63. The number of thiocarbonyl (C=S) groups is 1. The van der Waals surface area contributed by atoms with Gasteiger partial charge in [-0.1, -0.05) is 24.1 Å². The number of esters is 1. The van der Waals surface area contributed by atoms with Gasteiger partial charge in [-0.3, -0.25) is 0 Å². The van der Waals surface area contributed by atoms with E-state index in [1.54, 1.807) is 11.3 Å². The summed E-state index contributed by atoms with van der Waals surface area (Å²) < 4.78 is 5.31. The summed E-state index contributed by atoms with van der Waals surface area (Å²) in [5.74, 6) is -0.277. The zero-order valence-corrected chi connectivity index (χ0v) is 17.9. The minimum atomic E-state index is -0.277. The Kier molecular flexibility index (Phi) is 6.73. The van der Waals surface area contributed by atoms with Gasteiger partial charge < -0.3 is 15.4 Å². The number of carbonyl (C=O) groups is 1. The lowest BCUT2D eigenvalue weighted by Gasteiger charge is -2.12. The Balaban J connectivity index is 1.83. The molecule has 144 valence electrons. The maximum Gasteiger partial charge on any atom is 0.341 e. The van der Waals surface area contributed by atoms with Crippen molar-refractivity contribution in [1.82, 2.24) is 0 Å². The summed E-state index contributed by atoms with van der Waals surface area (Å²) in [5, 5.41) is 8.21. The van der Waals surface area contributed by atoms with E-state index in [-0.39, 0.29) is 5.97 Å². The third-order valence-corrected chi connectivity index (χ3v) is 6.38. The lowest BCUT2D eigenvalue weighted by molar-refractivity contribution is 0.0527. The highest BCUT2D eigenvalue weighted by atomic mass is 35.5. The maximum atomic E-state index is 12.6. The van der Waals surface area contributed by atoms with E-state index >= 15 is 0 Å². The van der Waals surface area contributed by atoms with E-state index in [4.69, 9.17) is 28.6 Å². The number of hydrogen-bond donors (Lipinski definition) is 2. The van der Waals surface area contributed by atoms with Crippen molar-refractivity contribution in [3.05, 3.63) is 44.8 Å². The lowest BCUT2D eigenvalue weighted by atomic mass is 10.1. The summed E-state index contributed by atoms with van der Waals surface area (Å²) in [6, 6.07) is 5.69.